The van der Waals surface area contributed by atoms with Gasteiger partial charge < -0.3 is 9.47 Å². The van der Waals surface area contributed by atoms with Crippen LogP contribution in [0.2, 0.25) is 0 Å². The van der Waals surface area contributed by atoms with E-state index >= 15 is 0 Å². The lowest BCUT2D eigenvalue weighted by atomic mass is 9.78. The van der Waals surface area contributed by atoms with Crippen LogP contribution in [0, 0.1) is 17.8 Å². The number of benzene rings is 1. The molecule has 0 spiro atoms. The van der Waals surface area contributed by atoms with Crippen LogP contribution in [0.3, 0.4) is 0 Å². The van der Waals surface area contributed by atoms with Gasteiger partial charge in [0.2, 0.25) is 6.29 Å². The van der Waals surface area contributed by atoms with Gasteiger partial charge in [-0.1, -0.05) is 45.2 Å². The van der Waals surface area contributed by atoms with Gasteiger partial charge in [0.25, 0.3) is 0 Å². The van der Waals surface area contributed by atoms with Crippen LogP contribution in [0.15, 0.2) is 24.3 Å². The summed E-state index contributed by atoms with van der Waals surface area (Å²) >= 11 is 0. The summed E-state index contributed by atoms with van der Waals surface area (Å²) < 4.78 is 12.0. The predicted molar refractivity (Wildman–Crippen MR) is 94.7 cm³/mol. The largest absolute Gasteiger partial charge is 0.465 e. The molecule has 23 heavy (non-hydrogen) atoms. The molecule has 5 unspecified atom stereocenters. The van der Waals surface area contributed by atoms with Crippen LogP contribution < -0.4 is 4.74 Å². The third-order valence-electron chi connectivity index (χ3n) is 6.28. The molecular formula is C21H32O2. The molecule has 128 valence electrons. The van der Waals surface area contributed by atoms with Crippen LogP contribution in [-0.4, -0.2) is 13.4 Å². The molecule has 2 aliphatic rings. The van der Waals surface area contributed by atoms with Crippen LogP contribution in [-0.2, 0) is 4.74 Å². The molecule has 0 radical (unpaired) electrons. The Morgan fingerprint density at radius 3 is 2.48 bits per heavy atom. The van der Waals surface area contributed by atoms with Crippen molar-refractivity contribution in [2.75, 3.05) is 7.11 Å². The summed E-state index contributed by atoms with van der Waals surface area (Å²) in [6.07, 6.45) is 9.31. The van der Waals surface area contributed by atoms with Crippen LogP contribution in [0.5, 0.6) is 5.75 Å². The van der Waals surface area contributed by atoms with Crippen molar-refractivity contribution in [1.29, 1.82) is 0 Å². The summed E-state index contributed by atoms with van der Waals surface area (Å²) in [6, 6.07) is 8.63. The summed E-state index contributed by atoms with van der Waals surface area (Å²) in [5, 5.41) is 0. The number of hydrogen-bond donors (Lipinski definition) is 0. The molecule has 0 amide bonds. The lowest BCUT2D eigenvalue weighted by molar-refractivity contribution is -0.107. The van der Waals surface area contributed by atoms with Gasteiger partial charge in [0.05, 0.1) is 0 Å². The maximum atomic E-state index is 6.24. The van der Waals surface area contributed by atoms with Gasteiger partial charge in [-0.25, -0.2) is 0 Å². The van der Waals surface area contributed by atoms with Crippen molar-refractivity contribution < 1.29 is 9.47 Å². The van der Waals surface area contributed by atoms with Crippen molar-refractivity contribution in [3.05, 3.63) is 29.8 Å². The first-order valence-electron chi connectivity index (χ1n) is 9.52. The smallest absolute Gasteiger partial charge is 0.202 e. The SMILES string of the molecule is CCC(C)c1ccc(OC(OC)C2CCC3CCCCC32)cc1. The average Bonchev–Trinajstić information content (AvgIpc) is 3.03. The van der Waals surface area contributed by atoms with Gasteiger partial charge in [0.1, 0.15) is 5.75 Å². The summed E-state index contributed by atoms with van der Waals surface area (Å²) in [7, 11) is 1.80. The molecule has 2 heteroatoms. The minimum absolute atomic E-state index is 0.0856. The zero-order chi connectivity index (χ0) is 16.2. The zero-order valence-electron chi connectivity index (χ0n) is 15.0. The summed E-state index contributed by atoms with van der Waals surface area (Å²) in [5.74, 6) is 3.86. The van der Waals surface area contributed by atoms with Gasteiger partial charge in [-0.2, -0.15) is 0 Å². The highest BCUT2D eigenvalue weighted by atomic mass is 16.7. The summed E-state index contributed by atoms with van der Waals surface area (Å²) in [4.78, 5) is 0. The fourth-order valence-corrected chi connectivity index (χ4v) is 4.67. The number of hydrogen-bond acceptors (Lipinski definition) is 2. The lowest BCUT2D eigenvalue weighted by Crippen LogP contribution is -2.33. The molecule has 0 saturated heterocycles. The highest BCUT2D eigenvalue weighted by Crippen LogP contribution is 2.47. The van der Waals surface area contributed by atoms with Crippen molar-refractivity contribution >= 4 is 0 Å². The van der Waals surface area contributed by atoms with Crippen LogP contribution in [0.4, 0.5) is 0 Å². The van der Waals surface area contributed by atoms with E-state index in [1.807, 2.05) is 0 Å². The molecule has 2 saturated carbocycles. The highest BCUT2D eigenvalue weighted by Gasteiger charge is 2.42. The number of ether oxygens (including phenoxy) is 2. The van der Waals surface area contributed by atoms with Crippen LogP contribution >= 0.6 is 0 Å². The van der Waals surface area contributed by atoms with E-state index in [0.29, 0.717) is 11.8 Å². The standard InChI is InChI=1S/C21H32O2/c1-4-15(2)16-9-12-18(13-10-16)23-21(22-3)20-14-11-17-7-5-6-8-19(17)20/h9-10,12-13,15,17,19-21H,4-8,11,14H2,1-3H3. The fourth-order valence-electron chi connectivity index (χ4n) is 4.67. The van der Waals surface area contributed by atoms with Crippen molar-refractivity contribution in [1.82, 2.24) is 0 Å². The first kappa shape index (κ1) is 16.8. The number of fused-ring (bicyclic) bond motifs is 1. The molecule has 3 rings (SSSR count). The minimum Gasteiger partial charge on any atom is -0.465 e. The van der Waals surface area contributed by atoms with Crippen LogP contribution in [0.1, 0.15) is 70.3 Å². The second-order valence-electron chi connectivity index (χ2n) is 7.55. The zero-order valence-corrected chi connectivity index (χ0v) is 15.0. The molecule has 0 aromatic heterocycles. The number of methoxy groups -OCH3 is 1. The summed E-state index contributed by atoms with van der Waals surface area (Å²) in [6.45, 7) is 4.51. The van der Waals surface area contributed by atoms with Crippen molar-refractivity contribution in [3.8, 4) is 5.75 Å². The maximum absolute atomic E-state index is 6.24. The van der Waals surface area contributed by atoms with Gasteiger partial charge in [0, 0.05) is 13.0 Å². The minimum atomic E-state index is -0.0856. The average molecular weight is 316 g/mol. The lowest BCUT2D eigenvalue weighted by Gasteiger charge is -2.33. The Balaban J connectivity index is 1.65. The molecular weight excluding hydrogens is 284 g/mol. The molecule has 2 fully saturated rings. The molecule has 1 aromatic carbocycles. The monoisotopic (exact) mass is 316 g/mol. The van der Waals surface area contributed by atoms with E-state index in [4.69, 9.17) is 9.47 Å². The fraction of sp³-hybridized carbons (Fsp3) is 0.714. The third kappa shape index (κ3) is 3.74. The Labute approximate surface area is 141 Å². The van der Waals surface area contributed by atoms with Crippen molar-refractivity contribution in [3.63, 3.8) is 0 Å². The first-order chi connectivity index (χ1) is 11.2. The molecule has 5 atom stereocenters. The van der Waals surface area contributed by atoms with E-state index in [1.54, 1.807) is 7.11 Å². The second-order valence-corrected chi connectivity index (χ2v) is 7.55. The molecule has 0 aliphatic heterocycles. The van der Waals surface area contributed by atoms with Crippen molar-refractivity contribution in [2.24, 2.45) is 17.8 Å². The van der Waals surface area contributed by atoms with Gasteiger partial charge >= 0.3 is 0 Å². The Kier molecular flexibility index (Phi) is 5.63. The van der Waals surface area contributed by atoms with E-state index in [1.165, 1.54) is 50.5 Å². The maximum Gasteiger partial charge on any atom is 0.202 e. The molecule has 1 aromatic rings. The first-order valence-corrected chi connectivity index (χ1v) is 9.52. The van der Waals surface area contributed by atoms with Gasteiger partial charge in [-0.05, 0) is 61.1 Å². The van der Waals surface area contributed by atoms with E-state index < -0.39 is 0 Å². The Morgan fingerprint density at radius 2 is 1.78 bits per heavy atom. The molecule has 0 heterocycles. The quantitative estimate of drug-likeness (QED) is 0.620. The molecule has 2 nitrogen and oxygen atoms in total. The van der Waals surface area contributed by atoms with Gasteiger partial charge in [-0.3, -0.25) is 0 Å². The van der Waals surface area contributed by atoms with E-state index in [0.717, 1.165) is 17.6 Å². The topological polar surface area (TPSA) is 18.5 Å². The number of rotatable bonds is 6. The van der Waals surface area contributed by atoms with Gasteiger partial charge in [0.15, 0.2) is 0 Å². The Morgan fingerprint density at radius 1 is 1.04 bits per heavy atom. The predicted octanol–water partition coefficient (Wildman–Crippen LogP) is 5.77. The van der Waals surface area contributed by atoms with Crippen LogP contribution in [0.25, 0.3) is 0 Å². The second kappa shape index (κ2) is 7.70. The van der Waals surface area contributed by atoms with Gasteiger partial charge in [-0.15, -0.1) is 0 Å². The normalized spacial score (nSPS) is 29.8. The third-order valence-corrected chi connectivity index (χ3v) is 6.28. The Bertz CT molecular complexity index is 481. The van der Waals surface area contributed by atoms with E-state index in [9.17, 15) is 0 Å². The van der Waals surface area contributed by atoms with Crippen molar-refractivity contribution in [2.45, 2.75) is 71.0 Å². The molecule has 2 aliphatic carbocycles. The summed E-state index contributed by atoms with van der Waals surface area (Å²) in [5.41, 5.74) is 1.39. The molecule has 0 N–H and O–H groups in total. The Hall–Kier alpha value is -1.02. The molecule has 0 bridgehead atoms. The van der Waals surface area contributed by atoms with E-state index in [2.05, 4.69) is 38.1 Å². The van der Waals surface area contributed by atoms with E-state index in [-0.39, 0.29) is 6.29 Å². The highest BCUT2D eigenvalue weighted by molar-refractivity contribution is 5.29.